The van der Waals surface area contributed by atoms with Crippen LogP contribution in [0.5, 0.6) is 11.6 Å². The van der Waals surface area contributed by atoms with Gasteiger partial charge in [0.05, 0.1) is 61.5 Å². The molecule has 0 saturated heterocycles. The van der Waals surface area contributed by atoms with E-state index in [9.17, 15) is 4.79 Å². The fourth-order valence-corrected chi connectivity index (χ4v) is 3.62. The molecule has 0 saturated carbocycles. The number of carbonyl (C=O) groups is 1. The van der Waals surface area contributed by atoms with Crippen molar-refractivity contribution in [1.82, 2.24) is 19.7 Å². The van der Waals surface area contributed by atoms with Gasteiger partial charge in [-0.25, -0.2) is 9.97 Å². The second-order valence-electron chi connectivity index (χ2n) is 7.15. The lowest BCUT2D eigenvalue weighted by Gasteiger charge is -2.30. The summed E-state index contributed by atoms with van der Waals surface area (Å²) in [6.07, 6.45) is 5.06. The van der Waals surface area contributed by atoms with Crippen LogP contribution in [-0.2, 0) is 12.2 Å². The summed E-state index contributed by atoms with van der Waals surface area (Å²) in [7, 11) is 3.09. The quantitative estimate of drug-likeness (QED) is 0.706. The second-order valence-corrected chi connectivity index (χ2v) is 7.15. The summed E-state index contributed by atoms with van der Waals surface area (Å²) in [5.74, 6) is 0.792. The predicted octanol–water partition coefficient (Wildman–Crippen LogP) is 2.17. The molecular formula is C20H22N6O3. The monoisotopic (exact) mass is 394 g/mol. The summed E-state index contributed by atoms with van der Waals surface area (Å²) in [4.78, 5) is 23.9. The van der Waals surface area contributed by atoms with Crippen LogP contribution in [0.1, 0.15) is 29.9 Å². The van der Waals surface area contributed by atoms with Crippen molar-refractivity contribution in [2.24, 2.45) is 5.73 Å². The molecule has 150 valence electrons. The van der Waals surface area contributed by atoms with Gasteiger partial charge in [0, 0.05) is 11.8 Å². The molecule has 3 aromatic heterocycles. The van der Waals surface area contributed by atoms with Gasteiger partial charge < -0.3 is 15.2 Å². The largest absolute Gasteiger partial charge is 0.491 e. The molecule has 0 bridgehead atoms. The van der Waals surface area contributed by atoms with Gasteiger partial charge in [-0.2, -0.15) is 5.10 Å². The molecule has 9 heteroatoms. The summed E-state index contributed by atoms with van der Waals surface area (Å²) in [5, 5.41) is 4.19. The van der Waals surface area contributed by atoms with Crippen molar-refractivity contribution in [2.75, 3.05) is 19.1 Å². The van der Waals surface area contributed by atoms with Crippen molar-refractivity contribution in [3.05, 3.63) is 48.0 Å². The van der Waals surface area contributed by atoms with E-state index in [1.807, 2.05) is 26.0 Å². The zero-order chi connectivity index (χ0) is 20.8. The molecule has 0 spiro atoms. The van der Waals surface area contributed by atoms with Crippen LogP contribution >= 0.6 is 0 Å². The Morgan fingerprint density at radius 3 is 2.62 bits per heavy atom. The number of hydrogen-bond donors (Lipinski definition) is 1. The molecule has 1 aliphatic heterocycles. The van der Waals surface area contributed by atoms with E-state index in [2.05, 4.69) is 10.1 Å². The highest BCUT2D eigenvalue weighted by atomic mass is 16.5. The molecular weight excluding hydrogens is 372 g/mol. The van der Waals surface area contributed by atoms with Gasteiger partial charge in [0.2, 0.25) is 0 Å². The lowest BCUT2D eigenvalue weighted by atomic mass is 9.98. The van der Waals surface area contributed by atoms with Crippen LogP contribution in [0.15, 0.2) is 36.8 Å². The maximum Gasteiger partial charge on any atom is 0.261 e. The Labute approximate surface area is 168 Å². The van der Waals surface area contributed by atoms with Crippen LogP contribution in [0.2, 0.25) is 0 Å². The van der Waals surface area contributed by atoms with Gasteiger partial charge in [-0.15, -0.1) is 0 Å². The molecule has 2 N–H and O–H groups in total. The van der Waals surface area contributed by atoms with Crippen LogP contribution in [-0.4, -0.2) is 39.9 Å². The van der Waals surface area contributed by atoms with Gasteiger partial charge in [-0.1, -0.05) is 0 Å². The van der Waals surface area contributed by atoms with Gasteiger partial charge in [0.1, 0.15) is 0 Å². The van der Waals surface area contributed by atoms with Crippen LogP contribution in [0.3, 0.4) is 0 Å². The highest BCUT2D eigenvalue weighted by Crippen LogP contribution is 2.41. The Morgan fingerprint density at radius 1 is 1.17 bits per heavy atom. The first-order chi connectivity index (χ1) is 13.9. The Balaban J connectivity index is 1.77. The SMILES string of the molecule is COc1cc(-c2ccc3c(n2)C(C)(C)N(c2cnn(CN)c2)C3=O)cnc1OC. The minimum Gasteiger partial charge on any atom is -0.491 e. The summed E-state index contributed by atoms with van der Waals surface area (Å²) in [6.45, 7) is 4.16. The molecule has 0 radical (unpaired) electrons. The predicted molar refractivity (Wildman–Crippen MR) is 107 cm³/mol. The minimum absolute atomic E-state index is 0.119. The number of nitrogens with two attached hydrogens (primary N) is 1. The van der Waals surface area contributed by atoms with Crippen molar-refractivity contribution in [3.63, 3.8) is 0 Å². The van der Waals surface area contributed by atoms with E-state index < -0.39 is 5.54 Å². The molecule has 0 aromatic carbocycles. The van der Waals surface area contributed by atoms with Crippen molar-refractivity contribution < 1.29 is 14.3 Å². The van der Waals surface area contributed by atoms with Crippen LogP contribution in [0.4, 0.5) is 5.69 Å². The molecule has 29 heavy (non-hydrogen) atoms. The second kappa shape index (κ2) is 6.85. The lowest BCUT2D eigenvalue weighted by molar-refractivity contribution is 0.0982. The number of aromatic nitrogens is 4. The van der Waals surface area contributed by atoms with Gasteiger partial charge in [-0.3, -0.25) is 14.4 Å². The Hall–Kier alpha value is -3.46. The van der Waals surface area contributed by atoms with E-state index in [-0.39, 0.29) is 12.6 Å². The van der Waals surface area contributed by atoms with Crippen LogP contribution in [0, 0.1) is 0 Å². The maximum atomic E-state index is 13.1. The van der Waals surface area contributed by atoms with E-state index >= 15 is 0 Å². The molecule has 0 fully saturated rings. The standard InChI is InChI=1S/C20H22N6O3/c1-20(2)17-14(19(27)26(20)13-9-23-25(10-13)11-21)5-6-15(24-17)12-7-16(28-3)18(29-4)22-8-12/h5-10H,11,21H2,1-4H3. The molecule has 3 aromatic rings. The number of nitrogens with zero attached hydrogens (tertiary/aromatic N) is 5. The van der Waals surface area contributed by atoms with Gasteiger partial charge in [-0.05, 0) is 32.0 Å². The normalized spacial score (nSPS) is 14.8. The van der Waals surface area contributed by atoms with E-state index in [0.29, 0.717) is 34.3 Å². The number of hydrogen-bond acceptors (Lipinski definition) is 7. The fourth-order valence-electron chi connectivity index (χ4n) is 3.62. The highest BCUT2D eigenvalue weighted by Gasteiger charge is 2.46. The van der Waals surface area contributed by atoms with Crippen molar-refractivity contribution in [2.45, 2.75) is 26.1 Å². The molecule has 1 amide bonds. The first-order valence-electron chi connectivity index (χ1n) is 9.07. The van der Waals surface area contributed by atoms with Gasteiger partial charge >= 0.3 is 0 Å². The van der Waals surface area contributed by atoms with Crippen LogP contribution < -0.4 is 20.1 Å². The molecule has 4 rings (SSSR count). The number of methoxy groups -OCH3 is 2. The van der Waals surface area contributed by atoms with E-state index in [0.717, 1.165) is 5.56 Å². The molecule has 0 atom stereocenters. The third kappa shape index (κ3) is 2.90. The van der Waals surface area contributed by atoms with E-state index in [1.54, 1.807) is 41.3 Å². The zero-order valence-electron chi connectivity index (χ0n) is 16.7. The lowest BCUT2D eigenvalue weighted by Crippen LogP contribution is -2.39. The topological polar surface area (TPSA) is 108 Å². The number of rotatable bonds is 5. The van der Waals surface area contributed by atoms with E-state index in [4.69, 9.17) is 20.2 Å². The summed E-state index contributed by atoms with van der Waals surface area (Å²) >= 11 is 0. The van der Waals surface area contributed by atoms with E-state index in [1.165, 1.54) is 7.11 Å². The number of anilines is 1. The smallest absolute Gasteiger partial charge is 0.261 e. The highest BCUT2D eigenvalue weighted by molar-refractivity contribution is 6.11. The molecule has 9 nitrogen and oxygen atoms in total. The zero-order valence-corrected chi connectivity index (χ0v) is 16.7. The Morgan fingerprint density at radius 2 is 1.97 bits per heavy atom. The van der Waals surface area contributed by atoms with Crippen molar-refractivity contribution in [1.29, 1.82) is 0 Å². The number of amides is 1. The first kappa shape index (κ1) is 18.9. The molecule has 0 unspecified atom stereocenters. The summed E-state index contributed by atoms with van der Waals surface area (Å²) in [5.41, 5.74) is 8.37. The van der Waals surface area contributed by atoms with Crippen LogP contribution in [0.25, 0.3) is 11.3 Å². The molecule has 1 aliphatic rings. The molecule has 0 aliphatic carbocycles. The number of carbonyl (C=O) groups excluding carboxylic acids is 1. The van der Waals surface area contributed by atoms with Gasteiger partial charge in [0.25, 0.3) is 11.8 Å². The third-order valence-electron chi connectivity index (χ3n) is 5.06. The summed E-state index contributed by atoms with van der Waals surface area (Å²) < 4.78 is 12.1. The van der Waals surface area contributed by atoms with Crippen molar-refractivity contribution in [3.8, 4) is 22.9 Å². The van der Waals surface area contributed by atoms with Crippen molar-refractivity contribution >= 4 is 11.6 Å². The Bertz CT molecular complexity index is 1090. The number of fused-ring (bicyclic) bond motifs is 1. The number of ether oxygens (including phenoxy) is 2. The minimum atomic E-state index is -0.658. The first-order valence-corrected chi connectivity index (χ1v) is 9.07. The maximum absolute atomic E-state index is 13.1. The average Bonchev–Trinajstić information content (AvgIpc) is 3.27. The van der Waals surface area contributed by atoms with Gasteiger partial charge in [0.15, 0.2) is 5.75 Å². The number of pyridine rings is 2. The molecule has 4 heterocycles. The summed E-state index contributed by atoms with van der Waals surface area (Å²) in [6, 6.07) is 5.42. The fraction of sp³-hybridized carbons (Fsp3) is 0.300. The average molecular weight is 394 g/mol. The Kier molecular flexibility index (Phi) is 4.46. The third-order valence-corrected chi connectivity index (χ3v) is 5.06.